The molecule has 0 radical (unpaired) electrons. The van der Waals surface area contributed by atoms with Gasteiger partial charge in [0.1, 0.15) is 5.75 Å². The van der Waals surface area contributed by atoms with Gasteiger partial charge in [-0.15, -0.1) is 0 Å². The van der Waals surface area contributed by atoms with Gasteiger partial charge in [-0.1, -0.05) is 13.0 Å². The molecule has 1 aliphatic rings. The van der Waals surface area contributed by atoms with E-state index < -0.39 is 0 Å². The maximum Gasteiger partial charge on any atom is 0.144 e. The van der Waals surface area contributed by atoms with E-state index in [1.165, 1.54) is 32.4 Å². The highest BCUT2D eigenvalue weighted by molar-refractivity contribution is 5.72. The van der Waals surface area contributed by atoms with Crippen molar-refractivity contribution in [1.82, 2.24) is 4.90 Å². The summed E-state index contributed by atoms with van der Waals surface area (Å²) >= 11 is 0. The second-order valence-corrected chi connectivity index (χ2v) is 6.03. The fourth-order valence-electron chi connectivity index (χ4n) is 2.80. The van der Waals surface area contributed by atoms with Crippen LogP contribution in [0.4, 0.5) is 11.4 Å². The number of hydrogen-bond donors (Lipinski definition) is 2. The van der Waals surface area contributed by atoms with Crippen molar-refractivity contribution in [2.24, 2.45) is 5.92 Å². The molecule has 4 heteroatoms. The number of benzene rings is 1. The van der Waals surface area contributed by atoms with Gasteiger partial charge in [-0.25, -0.2) is 0 Å². The van der Waals surface area contributed by atoms with Crippen LogP contribution in [0.25, 0.3) is 0 Å². The molecule has 1 fully saturated rings. The molecule has 1 heterocycles. The molecule has 3 N–H and O–H groups in total. The molecule has 0 spiro atoms. The lowest BCUT2D eigenvalue weighted by Crippen LogP contribution is -2.30. The van der Waals surface area contributed by atoms with Crippen molar-refractivity contribution in [2.45, 2.75) is 32.6 Å². The molecule has 0 atom stereocenters. The molecule has 1 aliphatic heterocycles. The van der Waals surface area contributed by atoms with Gasteiger partial charge in [0.25, 0.3) is 0 Å². The van der Waals surface area contributed by atoms with Crippen molar-refractivity contribution in [2.75, 3.05) is 44.3 Å². The fourth-order valence-corrected chi connectivity index (χ4v) is 2.80. The normalized spacial score (nSPS) is 16.9. The van der Waals surface area contributed by atoms with Crippen LogP contribution in [0.2, 0.25) is 0 Å². The smallest absolute Gasteiger partial charge is 0.144 e. The highest BCUT2D eigenvalue weighted by atomic mass is 16.5. The first-order valence-corrected chi connectivity index (χ1v) is 8.14. The molecular weight excluding hydrogens is 262 g/mol. The minimum absolute atomic E-state index is 0.712. The minimum Gasteiger partial charge on any atom is -0.491 e. The SMILES string of the molecule is CCCOc1cccc(NCCC2CCN(C)CC2)c1N. The molecule has 0 aromatic heterocycles. The van der Waals surface area contributed by atoms with E-state index in [1.54, 1.807) is 0 Å². The Kier molecular flexibility index (Phi) is 6.18. The number of likely N-dealkylation sites (tertiary alicyclic amines) is 1. The highest BCUT2D eigenvalue weighted by Crippen LogP contribution is 2.30. The molecule has 0 amide bonds. The second kappa shape index (κ2) is 8.13. The average molecular weight is 291 g/mol. The largest absolute Gasteiger partial charge is 0.491 e. The van der Waals surface area contributed by atoms with Crippen molar-refractivity contribution < 1.29 is 4.74 Å². The number of piperidine rings is 1. The summed E-state index contributed by atoms with van der Waals surface area (Å²) in [5.74, 6) is 1.63. The third kappa shape index (κ3) is 4.81. The highest BCUT2D eigenvalue weighted by Gasteiger charge is 2.16. The molecule has 1 saturated heterocycles. The molecule has 1 aromatic carbocycles. The summed E-state index contributed by atoms with van der Waals surface area (Å²) in [7, 11) is 2.21. The summed E-state index contributed by atoms with van der Waals surface area (Å²) in [6.45, 7) is 6.25. The Hall–Kier alpha value is -1.42. The minimum atomic E-state index is 0.712. The monoisotopic (exact) mass is 291 g/mol. The van der Waals surface area contributed by atoms with Gasteiger partial charge in [-0.2, -0.15) is 0 Å². The summed E-state index contributed by atoms with van der Waals surface area (Å²) in [6.07, 6.45) is 4.83. The maximum atomic E-state index is 6.17. The Bertz CT molecular complexity index is 428. The number of nitrogens with two attached hydrogens (primary N) is 1. The fraction of sp³-hybridized carbons (Fsp3) is 0.647. The Morgan fingerprint density at radius 3 is 2.81 bits per heavy atom. The van der Waals surface area contributed by atoms with Gasteiger partial charge < -0.3 is 20.7 Å². The zero-order valence-corrected chi connectivity index (χ0v) is 13.4. The zero-order chi connectivity index (χ0) is 15.1. The first kappa shape index (κ1) is 16.0. The summed E-state index contributed by atoms with van der Waals surface area (Å²) in [5, 5.41) is 3.47. The first-order valence-electron chi connectivity index (χ1n) is 8.14. The predicted octanol–water partition coefficient (Wildman–Crippen LogP) is 3.20. The number of ether oxygens (including phenoxy) is 1. The van der Waals surface area contributed by atoms with E-state index in [-0.39, 0.29) is 0 Å². The molecule has 4 nitrogen and oxygen atoms in total. The van der Waals surface area contributed by atoms with Crippen molar-refractivity contribution in [1.29, 1.82) is 0 Å². The van der Waals surface area contributed by atoms with E-state index >= 15 is 0 Å². The third-order valence-corrected chi connectivity index (χ3v) is 4.23. The molecule has 0 saturated carbocycles. The van der Waals surface area contributed by atoms with Gasteiger partial charge in [-0.3, -0.25) is 0 Å². The van der Waals surface area contributed by atoms with E-state index in [9.17, 15) is 0 Å². The average Bonchev–Trinajstić information content (AvgIpc) is 2.50. The number of rotatable bonds is 7. The Morgan fingerprint density at radius 1 is 1.33 bits per heavy atom. The Balaban J connectivity index is 1.80. The lowest BCUT2D eigenvalue weighted by Gasteiger charge is -2.29. The standard InChI is InChI=1S/C17H29N3O/c1-3-13-21-16-6-4-5-15(17(16)18)19-10-7-14-8-11-20(2)12-9-14/h4-6,14,19H,3,7-13,18H2,1-2H3. The molecule has 0 aliphatic carbocycles. The first-order chi connectivity index (χ1) is 10.2. The van der Waals surface area contributed by atoms with Crippen molar-refractivity contribution in [3.05, 3.63) is 18.2 Å². The number of nitrogens with one attached hydrogen (secondary N) is 1. The van der Waals surface area contributed by atoms with E-state index in [0.29, 0.717) is 6.61 Å². The zero-order valence-electron chi connectivity index (χ0n) is 13.4. The van der Waals surface area contributed by atoms with Gasteiger partial charge in [0, 0.05) is 6.54 Å². The van der Waals surface area contributed by atoms with Crippen LogP contribution < -0.4 is 15.8 Å². The quantitative estimate of drug-likeness (QED) is 0.758. The van der Waals surface area contributed by atoms with Gasteiger partial charge in [-0.05, 0) is 63.9 Å². The molecule has 1 aromatic rings. The molecule has 0 unspecified atom stereocenters. The summed E-state index contributed by atoms with van der Waals surface area (Å²) in [4.78, 5) is 2.41. The van der Waals surface area contributed by atoms with Gasteiger partial charge in [0.05, 0.1) is 18.0 Å². The number of hydrogen-bond acceptors (Lipinski definition) is 4. The van der Waals surface area contributed by atoms with E-state index in [0.717, 1.165) is 36.0 Å². The summed E-state index contributed by atoms with van der Waals surface area (Å²) in [6, 6.07) is 5.97. The number of para-hydroxylation sites is 1. The molecule has 2 rings (SSSR count). The van der Waals surface area contributed by atoms with Gasteiger partial charge in [0.2, 0.25) is 0 Å². The lowest BCUT2D eigenvalue weighted by molar-refractivity contribution is 0.215. The summed E-state index contributed by atoms with van der Waals surface area (Å²) in [5.41, 5.74) is 7.90. The van der Waals surface area contributed by atoms with E-state index in [2.05, 4.69) is 24.2 Å². The number of nitrogen functional groups attached to an aromatic ring is 1. The molecule has 118 valence electrons. The molecule has 21 heavy (non-hydrogen) atoms. The van der Waals surface area contributed by atoms with Crippen LogP contribution in [0, 0.1) is 5.92 Å². The van der Waals surface area contributed by atoms with Crippen molar-refractivity contribution in [3.63, 3.8) is 0 Å². The second-order valence-electron chi connectivity index (χ2n) is 6.03. The maximum absolute atomic E-state index is 6.17. The van der Waals surface area contributed by atoms with Crippen LogP contribution in [0.1, 0.15) is 32.6 Å². The summed E-state index contributed by atoms with van der Waals surface area (Å²) < 4.78 is 5.66. The third-order valence-electron chi connectivity index (χ3n) is 4.23. The van der Waals surface area contributed by atoms with Crippen LogP contribution in [0.3, 0.4) is 0 Å². The van der Waals surface area contributed by atoms with Gasteiger partial charge in [0.15, 0.2) is 0 Å². The van der Waals surface area contributed by atoms with Crippen LogP contribution >= 0.6 is 0 Å². The molecular formula is C17H29N3O. The van der Waals surface area contributed by atoms with Gasteiger partial charge >= 0.3 is 0 Å². The van der Waals surface area contributed by atoms with Crippen molar-refractivity contribution in [3.8, 4) is 5.75 Å². The van der Waals surface area contributed by atoms with Crippen LogP contribution in [0.5, 0.6) is 5.75 Å². The van der Waals surface area contributed by atoms with Crippen LogP contribution in [-0.4, -0.2) is 38.2 Å². The Labute approximate surface area is 128 Å². The van der Waals surface area contributed by atoms with E-state index in [4.69, 9.17) is 10.5 Å². The topological polar surface area (TPSA) is 50.5 Å². The predicted molar refractivity (Wildman–Crippen MR) is 90.0 cm³/mol. The van der Waals surface area contributed by atoms with Crippen LogP contribution in [-0.2, 0) is 0 Å². The lowest BCUT2D eigenvalue weighted by atomic mass is 9.94. The Morgan fingerprint density at radius 2 is 2.10 bits per heavy atom. The number of anilines is 2. The molecule has 0 bridgehead atoms. The van der Waals surface area contributed by atoms with E-state index in [1.807, 2.05) is 18.2 Å². The van der Waals surface area contributed by atoms with Crippen molar-refractivity contribution >= 4 is 11.4 Å². The number of nitrogens with zero attached hydrogens (tertiary/aromatic N) is 1. The van der Waals surface area contributed by atoms with Crippen LogP contribution in [0.15, 0.2) is 18.2 Å².